The average molecular weight is 847 g/mol. The molecule has 2 aliphatic heterocycles. The molecule has 6 atom stereocenters. The number of allylic oxidation sites excluding steroid dienone is 1. The highest BCUT2D eigenvalue weighted by Gasteiger charge is 2.51. The molecule has 13 nitrogen and oxygen atoms in total. The average Bonchev–Trinajstić information content (AvgIpc) is 3.76. The zero-order valence-electron chi connectivity index (χ0n) is 35.6. The van der Waals surface area contributed by atoms with Crippen LogP contribution in [0.5, 0.6) is 28.7 Å². The Hall–Kier alpha value is -5.12. The van der Waals surface area contributed by atoms with Crippen LogP contribution in [0.2, 0.25) is 0 Å². The van der Waals surface area contributed by atoms with E-state index in [-0.39, 0.29) is 43.3 Å². The molecule has 9 rings (SSSR count). The lowest BCUT2D eigenvalue weighted by molar-refractivity contribution is -0.129. The van der Waals surface area contributed by atoms with Gasteiger partial charge in [-0.2, -0.15) is 0 Å². The number of nitrogens with one attached hydrogen (secondary N) is 4. The molecule has 0 amide bonds. The quantitative estimate of drug-likeness (QED) is 0.0453. The van der Waals surface area contributed by atoms with Crippen LogP contribution in [-0.4, -0.2) is 102 Å². The second-order valence-corrected chi connectivity index (χ2v) is 17.3. The molecule has 4 aromatic carbocycles. The highest BCUT2D eigenvalue weighted by molar-refractivity contribution is 5.89. The highest BCUT2D eigenvalue weighted by atomic mass is 16.6. The molecular weight excluding hydrogens is 789 g/mol. The summed E-state index contributed by atoms with van der Waals surface area (Å²) in [5, 5.41) is 64.1. The Kier molecular flexibility index (Phi) is 12.0. The molecule has 5 aromatic rings. The van der Waals surface area contributed by atoms with Crippen LogP contribution < -0.4 is 30.2 Å². The molecule has 0 unspecified atom stereocenters. The molecule has 0 spiro atoms. The zero-order valence-corrected chi connectivity index (χ0v) is 35.6. The lowest BCUT2D eigenvalue weighted by Crippen LogP contribution is -2.56. The zero-order chi connectivity index (χ0) is 43.1. The van der Waals surface area contributed by atoms with Crippen molar-refractivity contribution in [3.05, 3.63) is 105 Å². The fourth-order valence-corrected chi connectivity index (χ4v) is 10.4. The maximum atomic E-state index is 11.4. The van der Waals surface area contributed by atoms with Crippen molar-refractivity contribution in [1.82, 2.24) is 20.9 Å². The van der Waals surface area contributed by atoms with E-state index in [1.807, 2.05) is 31.4 Å². The molecule has 62 heavy (non-hydrogen) atoms. The maximum Gasteiger partial charge on any atom is 0.161 e. The highest BCUT2D eigenvalue weighted by Crippen LogP contribution is 2.60. The number of ether oxygens (including phenoxy) is 4. The summed E-state index contributed by atoms with van der Waals surface area (Å²) < 4.78 is 27.1. The molecule has 3 heterocycles. The van der Waals surface area contributed by atoms with Crippen LogP contribution in [0.3, 0.4) is 0 Å². The van der Waals surface area contributed by atoms with Gasteiger partial charge in [0.1, 0.15) is 29.0 Å². The van der Waals surface area contributed by atoms with E-state index >= 15 is 0 Å². The van der Waals surface area contributed by atoms with Crippen LogP contribution in [0.25, 0.3) is 28.1 Å². The number of fused-ring (bicyclic) bond motifs is 8. The minimum Gasteiger partial charge on any atom is -0.507 e. The topological polar surface area (TPSA) is 190 Å². The number of methoxy groups -OCH3 is 1. The van der Waals surface area contributed by atoms with Gasteiger partial charge < -0.3 is 60.1 Å². The minimum absolute atomic E-state index is 0.000641. The largest absolute Gasteiger partial charge is 0.507 e. The van der Waals surface area contributed by atoms with E-state index in [0.717, 1.165) is 61.2 Å². The number of aromatic nitrogens is 1. The summed E-state index contributed by atoms with van der Waals surface area (Å²) in [6.45, 7) is 2.93. The monoisotopic (exact) mass is 846 g/mol. The van der Waals surface area contributed by atoms with Gasteiger partial charge in [0.25, 0.3) is 0 Å². The first kappa shape index (κ1) is 42.2. The van der Waals surface area contributed by atoms with Gasteiger partial charge in [-0.3, -0.25) is 5.32 Å². The predicted octanol–water partition coefficient (Wildman–Crippen LogP) is 5.44. The summed E-state index contributed by atoms with van der Waals surface area (Å²) in [4.78, 5) is 3.32. The van der Waals surface area contributed by atoms with Gasteiger partial charge in [-0.05, 0) is 127 Å². The predicted molar refractivity (Wildman–Crippen MR) is 237 cm³/mol. The van der Waals surface area contributed by atoms with Gasteiger partial charge in [-0.25, -0.2) is 0 Å². The van der Waals surface area contributed by atoms with E-state index in [2.05, 4.69) is 57.4 Å². The lowest BCUT2D eigenvalue weighted by atomic mass is 9.64. The van der Waals surface area contributed by atoms with Gasteiger partial charge in [0.2, 0.25) is 0 Å². The summed E-state index contributed by atoms with van der Waals surface area (Å²) in [5.41, 5.74) is 9.49. The lowest BCUT2D eigenvalue weighted by Gasteiger charge is -2.48. The van der Waals surface area contributed by atoms with Crippen molar-refractivity contribution >= 4 is 17.0 Å². The van der Waals surface area contributed by atoms with E-state index in [4.69, 9.17) is 18.9 Å². The Morgan fingerprint density at radius 2 is 1.85 bits per heavy atom. The second kappa shape index (κ2) is 17.6. The number of H-pyrrole nitrogens is 1. The summed E-state index contributed by atoms with van der Waals surface area (Å²) in [6.07, 6.45) is 7.75. The van der Waals surface area contributed by atoms with E-state index in [1.54, 1.807) is 13.0 Å². The molecule has 328 valence electrons. The van der Waals surface area contributed by atoms with Crippen LogP contribution >= 0.6 is 0 Å². The van der Waals surface area contributed by atoms with Crippen molar-refractivity contribution < 1.29 is 44.5 Å². The van der Waals surface area contributed by atoms with E-state index < -0.39 is 23.9 Å². The number of hydrogen-bond donors (Lipinski definition) is 9. The Balaban J connectivity index is 1.26. The van der Waals surface area contributed by atoms with Crippen molar-refractivity contribution in [3.8, 4) is 39.9 Å². The van der Waals surface area contributed by atoms with Crippen LogP contribution in [0.15, 0.2) is 60.8 Å². The van der Waals surface area contributed by atoms with Gasteiger partial charge in [0.15, 0.2) is 17.6 Å². The number of hydrogen-bond acceptors (Lipinski definition) is 12. The van der Waals surface area contributed by atoms with Gasteiger partial charge in [-0.1, -0.05) is 24.3 Å². The van der Waals surface area contributed by atoms with Crippen LogP contribution in [-0.2, 0) is 30.4 Å². The Bertz CT molecular complexity index is 2480. The van der Waals surface area contributed by atoms with Crippen molar-refractivity contribution in [2.75, 3.05) is 53.9 Å². The summed E-state index contributed by atoms with van der Waals surface area (Å²) in [7, 11) is 3.36. The van der Waals surface area contributed by atoms with E-state index in [0.29, 0.717) is 75.3 Å². The standard InChI is InChI=1S/C49H58N4O9/c1-27(56)22-51-25-52-24-49(60-26-50-2)21-39-38-20-37-33(28-6-12-40-29(17-28)14-15-53-40)9-10-34-41(57)13-11-35(43(34)37)44(38)47-36(8-7-32(23-55)61-47)46(39)62-48(49)31-18-30(5-4-16-54)45(58)42(19-31)59-3/h6,9-15,17-19,27,32-33,37,48,50-58H,4-5,7-8,16,20-26H2,1-3H3/t27-,32+,33+,37-,48+,49-/m0/s1. The van der Waals surface area contributed by atoms with Crippen LogP contribution in [0.4, 0.5) is 0 Å². The Labute approximate surface area is 361 Å². The van der Waals surface area contributed by atoms with Gasteiger partial charge >= 0.3 is 0 Å². The molecule has 0 bridgehead atoms. The third-order valence-corrected chi connectivity index (χ3v) is 13.2. The third kappa shape index (κ3) is 7.49. The maximum absolute atomic E-state index is 11.4. The first-order valence-corrected chi connectivity index (χ1v) is 21.8. The fraction of sp³-hybridized carbons (Fsp3) is 0.429. The Morgan fingerprint density at radius 1 is 0.984 bits per heavy atom. The smallest absolute Gasteiger partial charge is 0.161 e. The molecule has 0 radical (unpaired) electrons. The molecule has 0 saturated heterocycles. The number of aromatic amines is 1. The number of phenolic OH excluding ortho intramolecular Hbond substituents is 2. The first-order chi connectivity index (χ1) is 30.2. The third-order valence-electron chi connectivity index (χ3n) is 13.2. The van der Waals surface area contributed by atoms with Gasteiger partial charge in [0, 0.05) is 72.7 Å². The van der Waals surface area contributed by atoms with Gasteiger partial charge in [-0.15, -0.1) is 0 Å². The number of phenols is 2. The SMILES string of the molecule is CNCO[C@]1(CNCNC[C@H](C)O)Cc2c3c(c4c(c2O[C@@H]1c1cc(CCCO)c(O)c(OC)c1)CC[C@H](CO)O4)-c1ccc(O)c2c1[C@@H](C3)[C@@H](c1ccc3[nH]ccc3c1)C=C2. The van der Waals surface area contributed by atoms with Crippen molar-refractivity contribution in [1.29, 1.82) is 0 Å². The fourth-order valence-electron chi connectivity index (χ4n) is 10.4. The molecule has 13 heteroatoms. The van der Waals surface area contributed by atoms with Crippen molar-refractivity contribution in [2.45, 2.75) is 81.2 Å². The second-order valence-electron chi connectivity index (χ2n) is 17.3. The number of aromatic hydroxyl groups is 2. The molecule has 0 saturated carbocycles. The number of aryl methyl sites for hydroxylation is 1. The summed E-state index contributed by atoms with van der Waals surface area (Å²) in [6, 6.07) is 16.2. The van der Waals surface area contributed by atoms with E-state index in [9.17, 15) is 25.5 Å². The van der Waals surface area contributed by atoms with Crippen LogP contribution in [0.1, 0.15) is 82.2 Å². The van der Waals surface area contributed by atoms with E-state index in [1.165, 1.54) is 12.7 Å². The first-order valence-electron chi connectivity index (χ1n) is 21.8. The number of aliphatic hydroxyl groups excluding tert-OH is 3. The van der Waals surface area contributed by atoms with Crippen molar-refractivity contribution in [2.24, 2.45) is 0 Å². The summed E-state index contributed by atoms with van der Waals surface area (Å²) >= 11 is 0. The molecule has 0 fully saturated rings. The molecule has 1 aromatic heterocycles. The molecule has 4 aliphatic rings. The molecule has 9 N–H and O–H groups in total. The Morgan fingerprint density at radius 3 is 2.65 bits per heavy atom. The number of benzene rings is 4. The summed E-state index contributed by atoms with van der Waals surface area (Å²) in [5.74, 6) is 1.95. The van der Waals surface area contributed by atoms with Crippen LogP contribution in [0, 0.1) is 0 Å². The number of rotatable bonds is 16. The van der Waals surface area contributed by atoms with Gasteiger partial charge in [0.05, 0.1) is 26.6 Å². The number of aliphatic hydroxyl groups is 3. The van der Waals surface area contributed by atoms with Crippen molar-refractivity contribution in [3.63, 3.8) is 0 Å². The molecular formula is C49H58N4O9. The normalized spacial score (nSPS) is 22.5. The molecule has 2 aliphatic carbocycles. The minimum atomic E-state index is -1.03.